The summed E-state index contributed by atoms with van der Waals surface area (Å²) in [5.74, 6) is -0.0339. The number of carbonyl (C=O) groups excluding carboxylic acids is 1. The highest BCUT2D eigenvalue weighted by molar-refractivity contribution is 6.24. The molecule has 0 amide bonds. The van der Waals surface area contributed by atoms with E-state index in [2.05, 4.69) is 0 Å². The summed E-state index contributed by atoms with van der Waals surface area (Å²) in [7, 11) is 0. The molecule has 1 aromatic rings. The van der Waals surface area contributed by atoms with Crippen LogP contribution in [-0.2, 0) is 4.79 Å². The predicted molar refractivity (Wildman–Crippen MR) is 61.4 cm³/mol. The van der Waals surface area contributed by atoms with Gasteiger partial charge < -0.3 is 4.42 Å². The maximum atomic E-state index is 12.0. The lowest BCUT2D eigenvalue weighted by Crippen LogP contribution is -2.04. The van der Waals surface area contributed by atoms with E-state index in [1.807, 2.05) is 13.8 Å². The summed E-state index contributed by atoms with van der Waals surface area (Å²) >= 11 is 0. The van der Waals surface area contributed by atoms with Crippen molar-refractivity contribution in [3.8, 4) is 0 Å². The Hall–Kier alpha value is -1.91. The molecular formula is C12H13NO4. The van der Waals surface area contributed by atoms with Gasteiger partial charge in [-0.1, -0.05) is 19.4 Å². The molecule has 0 aromatic carbocycles. The number of allylic oxidation sites excluding steroid dienone is 2. The molecule has 1 aliphatic rings. The van der Waals surface area contributed by atoms with Gasteiger partial charge in [0.15, 0.2) is 5.78 Å². The SMILES string of the molecule is CCC1=C(c2ccc([N+](=O)[O-])o2)C(=O)C(C)C1. The van der Waals surface area contributed by atoms with Crippen molar-refractivity contribution in [2.24, 2.45) is 5.92 Å². The van der Waals surface area contributed by atoms with Crippen molar-refractivity contribution in [2.45, 2.75) is 26.7 Å². The normalized spacial score (nSPS) is 20.1. The van der Waals surface area contributed by atoms with Crippen LogP contribution in [0.3, 0.4) is 0 Å². The molecule has 1 aliphatic carbocycles. The molecule has 1 heterocycles. The Morgan fingerprint density at radius 3 is 2.76 bits per heavy atom. The fraction of sp³-hybridized carbons (Fsp3) is 0.417. The number of hydrogen-bond acceptors (Lipinski definition) is 4. The van der Waals surface area contributed by atoms with E-state index < -0.39 is 4.92 Å². The van der Waals surface area contributed by atoms with Crippen molar-refractivity contribution < 1.29 is 14.1 Å². The molecule has 5 heteroatoms. The summed E-state index contributed by atoms with van der Waals surface area (Å²) in [6.45, 7) is 3.83. The van der Waals surface area contributed by atoms with Crippen LogP contribution >= 0.6 is 0 Å². The third-order valence-electron chi connectivity index (χ3n) is 3.05. The summed E-state index contributed by atoms with van der Waals surface area (Å²) in [6, 6.07) is 2.78. The highest BCUT2D eigenvalue weighted by Crippen LogP contribution is 2.37. The molecule has 0 saturated heterocycles. The van der Waals surface area contributed by atoms with Gasteiger partial charge in [-0.05, 0) is 18.9 Å². The Morgan fingerprint density at radius 2 is 2.24 bits per heavy atom. The fourth-order valence-electron chi connectivity index (χ4n) is 2.16. The van der Waals surface area contributed by atoms with Crippen molar-refractivity contribution in [2.75, 3.05) is 0 Å². The van der Waals surface area contributed by atoms with Gasteiger partial charge in [-0.3, -0.25) is 14.9 Å². The average molecular weight is 235 g/mol. The lowest BCUT2D eigenvalue weighted by molar-refractivity contribution is -0.402. The number of nitro groups is 1. The van der Waals surface area contributed by atoms with Crippen LogP contribution < -0.4 is 0 Å². The van der Waals surface area contributed by atoms with E-state index in [1.54, 1.807) is 0 Å². The zero-order chi connectivity index (χ0) is 12.6. The minimum absolute atomic E-state index is 0.0195. The fourth-order valence-corrected chi connectivity index (χ4v) is 2.16. The largest absolute Gasteiger partial charge is 0.433 e. The predicted octanol–water partition coefficient (Wildman–Crippen LogP) is 2.96. The number of carbonyl (C=O) groups is 1. The Labute approximate surface area is 98.3 Å². The summed E-state index contributed by atoms with van der Waals surface area (Å²) < 4.78 is 5.10. The number of furan rings is 1. The average Bonchev–Trinajstić information content (AvgIpc) is 2.85. The topological polar surface area (TPSA) is 73.3 Å². The summed E-state index contributed by atoms with van der Waals surface area (Å²) in [4.78, 5) is 21.9. The molecule has 1 atom stereocenters. The Balaban J connectivity index is 2.43. The van der Waals surface area contributed by atoms with Crippen LogP contribution in [0.4, 0.5) is 5.88 Å². The van der Waals surface area contributed by atoms with E-state index in [4.69, 9.17) is 4.42 Å². The van der Waals surface area contributed by atoms with E-state index >= 15 is 0 Å². The molecular weight excluding hydrogens is 222 g/mol. The van der Waals surface area contributed by atoms with Crippen molar-refractivity contribution in [1.29, 1.82) is 0 Å². The van der Waals surface area contributed by atoms with Crippen molar-refractivity contribution >= 4 is 17.2 Å². The summed E-state index contributed by atoms with van der Waals surface area (Å²) in [6.07, 6.45) is 1.49. The number of nitrogens with zero attached hydrogens (tertiary/aromatic N) is 1. The van der Waals surface area contributed by atoms with Crippen LogP contribution in [0.2, 0.25) is 0 Å². The van der Waals surface area contributed by atoms with Gasteiger partial charge in [-0.25, -0.2) is 0 Å². The van der Waals surface area contributed by atoms with E-state index in [-0.39, 0.29) is 17.6 Å². The lowest BCUT2D eigenvalue weighted by atomic mass is 10.1. The van der Waals surface area contributed by atoms with Gasteiger partial charge in [-0.2, -0.15) is 0 Å². The van der Waals surface area contributed by atoms with Gasteiger partial charge in [0, 0.05) is 5.92 Å². The van der Waals surface area contributed by atoms with E-state index in [0.717, 1.165) is 18.4 Å². The third kappa shape index (κ3) is 1.88. The molecule has 0 saturated carbocycles. The molecule has 1 aromatic heterocycles. The van der Waals surface area contributed by atoms with Gasteiger partial charge in [0.05, 0.1) is 11.6 Å². The monoisotopic (exact) mass is 235 g/mol. The quantitative estimate of drug-likeness (QED) is 0.596. The maximum absolute atomic E-state index is 12.0. The smallest absolute Gasteiger partial charge is 0.401 e. The van der Waals surface area contributed by atoms with E-state index in [1.165, 1.54) is 12.1 Å². The van der Waals surface area contributed by atoms with Crippen molar-refractivity contribution in [3.63, 3.8) is 0 Å². The van der Waals surface area contributed by atoms with Crippen molar-refractivity contribution in [1.82, 2.24) is 0 Å². The van der Waals surface area contributed by atoms with Crippen LogP contribution in [0.25, 0.3) is 5.57 Å². The molecule has 90 valence electrons. The Morgan fingerprint density at radius 1 is 1.53 bits per heavy atom. The number of hydrogen-bond donors (Lipinski definition) is 0. The highest BCUT2D eigenvalue weighted by Gasteiger charge is 2.32. The van der Waals surface area contributed by atoms with Gasteiger partial charge in [0.1, 0.15) is 10.7 Å². The first kappa shape index (κ1) is 11.6. The van der Waals surface area contributed by atoms with Gasteiger partial charge in [-0.15, -0.1) is 0 Å². The minimum atomic E-state index is -0.599. The first-order chi connectivity index (χ1) is 8.04. The van der Waals surface area contributed by atoms with Crippen LogP contribution in [0.5, 0.6) is 0 Å². The first-order valence-corrected chi connectivity index (χ1v) is 5.55. The molecule has 1 unspecified atom stereocenters. The molecule has 0 fully saturated rings. The number of Topliss-reactive ketones (excluding diaryl/α,β-unsaturated/α-hetero) is 1. The van der Waals surface area contributed by atoms with Crippen molar-refractivity contribution in [3.05, 3.63) is 33.6 Å². The van der Waals surface area contributed by atoms with Crippen LogP contribution in [0.15, 0.2) is 22.1 Å². The van der Waals surface area contributed by atoms with Gasteiger partial charge in [0.2, 0.25) is 0 Å². The van der Waals surface area contributed by atoms with Crippen LogP contribution in [-0.4, -0.2) is 10.7 Å². The number of rotatable bonds is 3. The molecule has 0 N–H and O–H groups in total. The summed E-state index contributed by atoms with van der Waals surface area (Å²) in [5.41, 5.74) is 1.56. The molecule has 5 nitrogen and oxygen atoms in total. The van der Waals surface area contributed by atoms with Gasteiger partial charge >= 0.3 is 5.88 Å². The lowest BCUT2D eigenvalue weighted by Gasteiger charge is -1.99. The molecule has 2 rings (SSSR count). The standard InChI is InChI=1S/C12H13NO4/c1-3-8-6-7(2)12(14)11(8)9-4-5-10(17-9)13(15)16/h4-5,7H,3,6H2,1-2H3. The Bertz CT molecular complexity index is 512. The van der Waals surface area contributed by atoms with Gasteiger partial charge in [0.25, 0.3) is 0 Å². The summed E-state index contributed by atoms with van der Waals surface area (Å²) in [5, 5.41) is 10.5. The molecule has 0 radical (unpaired) electrons. The minimum Gasteiger partial charge on any atom is -0.401 e. The van der Waals surface area contributed by atoms with E-state index in [0.29, 0.717) is 11.3 Å². The molecule has 17 heavy (non-hydrogen) atoms. The van der Waals surface area contributed by atoms with Crippen LogP contribution in [0.1, 0.15) is 32.4 Å². The molecule has 0 aliphatic heterocycles. The first-order valence-electron chi connectivity index (χ1n) is 5.55. The Kier molecular flexibility index (Phi) is 2.83. The number of ketones is 1. The second-order valence-electron chi connectivity index (χ2n) is 4.20. The zero-order valence-electron chi connectivity index (χ0n) is 9.73. The third-order valence-corrected chi connectivity index (χ3v) is 3.05. The molecule has 0 spiro atoms. The van der Waals surface area contributed by atoms with E-state index in [9.17, 15) is 14.9 Å². The highest BCUT2D eigenvalue weighted by atomic mass is 16.6. The second kappa shape index (κ2) is 4.16. The second-order valence-corrected chi connectivity index (χ2v) is 4.20. The van der Waals surface area contributed by atoms with Crippen LogP contribution in [0, 0.1) is 16.0 Å². The molecule has 0 bridgehead atoms. The zero-order valence-corrected chi connectivity index (χ0v) is 9.73. The maximum Gasteiger partial charge on any atom is 0.433 e.